The van der Waals surface area contributed by atoms with Gasteiger partial charge >= 0.3 is 0 Å². The number of carbonyl (C=O) groups is 3. The van der Waals surface area contributed by atoms with E-state index >= 15 is 0 Å². The van der Waals surface area contributed by atoms with Crippen molar-refractivity contribution in [2.45, 2.75) is 82.4 Å². The molecule has 2 aliphatic heterocycles. The number of fused-ring (bicyclic) bond motifs is 1. The van der Waals surface area contributed by atoms with Gasteiger partial charge in [0, 0.05) is 0 Å². The molecule has 12 heteroatoms. The number of thioether (sulfide) groups is 1. The predicted octanol–water partition coefficient (Wildman–Crippen LogP) is 5.05. The summed E-state index contributed by atoms with van der Waals surface area (Å²) in [4.78, 5) is 41.9. The lowest BCUT2D eigenvalue weighted by atomic mass is 9.83. The van der Waals surface area contributed by atoms with Gasteiger partial charge in [-0.05, 0) is 60.2 Å². The van der Waals surface area contributed by atoms with Gasteiger partial charge in [-0.15, -0.1) is 11.8 Å². The highest BCUT2D eigenvalue weighted by molar-refractivity contribution is 7.99. The molecule has 3 aromatic rings. The number of likely N-dealkylation sites (N-methyl/N-ethyl adjacent to an activating group) is 1. The maximum Gasteiger partial charge on any atom is 0.246 e. The quantitative estimate of drug-likeness (QED) is 0.111. The molecular weight excluding hydrogens is 695 g/mol. The van der Waals surface area contributed by atoms with Crippen LogP contribution in [-0.2, 0) is 37.1 Å². The average molecular weight is 746 g/mol. The van der Waals surface area contributed by atoms with Crippen molar-refractivity contribution in [2.75, 3.05) is 26.0 Å². The third kappa shape index (κ3) is 10.2. The van der Waals surface area contributed by atoms with Crippen LogP contribution in [0.1, 0.15) is 68.0 Å². The summed E-state index contributed by atoms with van der Waals surface area (Å²) in [5.74, 6) is 0.530. The molecule has 0 unspecified atom stereocenters. The fourth-order valence-corrected chi connectivity index (χ4v) is 8.60. The van der Waals surface area contributed by atoms with Crippen LogP contribution in [0.15, 0.2) is 84.9 Å². The molecule has 278 valence electrons. The minimum absolute atomic E-state index is 0.0711. The normalized spacial score (nSPS) is 21.3. The number of nitrogens with zero attached hydrogens (tertiary/aromatic N) is 1. The van der Waals surface area contributed by atoms with E-state index < -0.39 is 23.5 Å². The molecule has 0 spiro atoms. The number of ether oxygens (including phenoxy) is 2. The van der Waals surface area contributed by atoms with Crippen molar-refractivity contribution in [3.05, 3.63) is 107 Å². The molecule has 6 atom stereocenters. The fourth-order valence-electron chi connectivity index (χ4n) is 6.77. The third-order valence-corrected chi connectivity index (χ3v) is 11.5. The number of nitrogens with one attached hydrogen (secondary N) is 4. The van der Waals surface area contributed by atoms with E-state index in [-0.39, 0.29) is 35.9 Å². The Morgan fingerprint density at radius 2 is 1.50 bits per heavy atom. The molecule has 2 aliphatic rings. The van der Waals surface area contributed by atoms with Crippen LogP contribution in [0, 0.1) is 5.41 Å². The Morgan fingerprint density at radius 3 is 2.06 bits per heavy atom. The number of carbonyl (C=O) groups excluding carboxylic acids is 3. The van der Waals surface area contributed by atoms with Crippen LogP contribution in [0.4, 0.5) is 0 Å². The first-order valence-electron chi connectivity index (χ1n) is 17.9. The van der Waals surface area contributed by atoms with Crippen LogP contribution in [0.3, 0.4) is 0 Å². The maximum absolute atomic E-state index is 14.3. The zero-order chi connectivity index (χ0) is 37.1. The number of benzene rings is 3. The molecule has 5 rings (SSSR count). The second-order valence-corrected chi connectivity index (χ2v) is 15.8. The summed E-state index contributed by atoms with van der Waals surface area (Å²) in [7, 11) is 1.84. The number of hydrogen-bond acceptors (Lipinski definition) is 8. The SMILES string of the molecule is CN[C@@H](C)C(=S)N[C@H]1CCS[C@H]2CC(C)(C)[C@@H](C(=O)N[C@H](COCc3ccc(COC[C@@H](NC=O)c4ccccc4)cc3)c3ccccc3)N2C1=O. The highest BCUT2D eigenvalue weighted by Crippen LogP contribution is 2.46. The molecule has 0 aromatic heterocycles. The number of rotatable bonds is 17. The molecule has 2 fully saturated rings. The monoisotopic (exact) mass is 745 g/mol. The van der Waals surface area contributed by atoms with Gasteiger partial charge in [0.05, 0.1) is 54.9 Å². The lowest BCUT2D eigenvalue weighted by Crippen LogP contribution is -2.58. The van der Waals surface area contributed by atoms with Crippen molar-refractivity contribution < 1.29 is 23.9 Å². The van der Waals surface area contributed by atoms with E-state index in [9.17, 15) is 14.4 Å². The summed E-state index contributed by atoms with van der Waals surface area (Å²) in [6.07, 6.45) is 2.06. The maximum atomic E-state index is 14.3. The van der Waals surface area contributed by atoms with Gasteiger partial charge in [-0.1, -0.05) is 111 Å². The van der Waals surface area contributed by atoms with Gasteiger partial charge in [0.1, 0.15) is 12.1 Å². The Labute approximate surface area is 317 Å². The first-order valence-corrected chi connectivity index (χ1v) is 19.3. The average Bonchev–Trinajstić information content (AvgIpc) is 3.35. The van der Waals surface area contributed by atoms with Gasteiger partial charge in [-0.2, -0.15) is 0 Å². The minimum atomic E-state index is -0.645. The molecule has 3 amide bonds. The standard InChI is InChI=1S/C40H51N5O5S2/c1-27(41-4)38(51)44-32-19-20-52-35-21-40(2,3)36(45(35)39(32)48)37(47)43-34(31-13-9-6-10-14-31)25-50-23-29-17-15-28(16-18-29)22-49-24-33(42-26-46)30-11-7-5-8-12-30/h5-18,26-27,32-36,41H,19-25H2,1-4H3,(H,42,46)(H,43,47)(H,44,51)/t27-,32-,33+,34+,35-,36+/m0/s1. The molecule has 10 nitrogen and oxygen atoms in total. The smallest absolute Gasteiger partial charge is 0.246 e. The first kappa shape index (κ1) is 39.4. The number of hydrogen-bond donors (Lipinski definition) is 4. The Bertz CT molecular complexity index is 1630. The van der Waals surface area contributed by atoms with E-state index in [2.05, 4.69) is 35.1 Å². The summed E-state index contributed by atoms with van der Waals surface area (Å²) in [5, 5.41) is 12.4. The second-order valence-electron chi connectivity index (χ2n) is 14.1. The molecule has 0 bridgehead atoms. The van der Waals surface area contributed by atoms with Crippen molar-refractivity contribution >= 4 is 47.2 Å². The van der Waals surface area contributed by atoms with Gasteiger partial charge in [0.2, 0.25) is 18.2 Å². The van der Waals surface area contributed by atoms with Crippen molar-refractivity contribution in [1.29, 1.82) is 0 Å². The molecule has 0 radical (unpaired) electrons. The van der Waals surface area contributed by atoms with Crippen molar-refractivity contribution in [2.24, 2.45) is 5.41 Å². The van der Waals surface area contributed by atoms with Crippen LogP contribution in [-0.4, -0.2) is 77.6 Å². The molecule has 52 heavy (non-hydrogen) atoms. The summed E-state index contributed by atoms with van der Waals surface area (Å²) in [6, 6.07) is 25.7. The topological polar surface area (TPSA) is 121 Å². The van der Waals surface area contributed by atoms with E-state index in [0.717, 1.165) is 34.4 Å². The zero-order valence-corrected chi connectivity index (χ0v) is 32.0. The Kier molecular flexibility index (Phi) is 14.2. The third-order valence-electron chi connectivity index (χ3n) is 9.81. The zero-order valence-electron chi connectivity index (χ0n) is 30.4. The highest BCUT2D eigenvalue weighted by atomic mass is 32.2. The molecule has 0 saturated carbocycles. The summed E-state index contributed by atoms with van der Waals surface area (Å²) in [6.45, 7) is 7.47. The lowest BCUT2D eigenvalue weighted by Gasteiger charge is -2.35. The van der Waals surface area contributed by atoms with Gasteiger partial charge in [-0.3, -0.25) is 14.4 Å². The van der Waals surface area contributed by atoms with E-state index in [1.54, 1.807) is 11.8 Å². The number of amides is 3. The molecular formula is C40H51N5O5S2. The summed E-state index contributed by atoms with van der Waals surface area (Å²) < 4.78 is 12.2. The van der Waals surface area contributed by atoms with Gasteiger partial charge in [0.25, 0.3) is 0 Å². The van der Waals surface area contributed by atoms with Crippen LogP contribution in [0.5, 0.6) is 0 Å². The molecule has 2 heterocycles. The van der Waals surface area contributed by atoms with Gasteiger partial charge in [-0.25, -0.2) is 0 Å². The Hall–Kier alpha value is -3.81. The van der Waals surface area contributed by atoms with E-state index in [1.807, 2.05) is 104 Å². The van der Waals surface area contributed by atoms with Gasteiger partial charge in [0.15, 0.2) is 0 Å². The molecule has 2 saturated heterocycles. The van der Waals surface area contributed by atoms with Crippen LogP contribution < -0.4 is 21.3 Å². The predicted molar refractivity (Wildman–Crippen MR) is 209 cm³/mol. The minimum Gasteiger partial charge on any atom is -0.374 e. The molecule has 3 aromatic carbocycles. The Balaban J connectivity index is 1.20. The highest BCUT2D eigenvalue weighted by Gasteiger charge is 2.54. The largest absolute Gasteiger partial charge is 0.374 e. The van der Waals surface area contributed by atoms with Gasteiger partial charge < -0.3 is 35.6 Å². The Morgan fingerprint density at radius 1 is 0.942 bits per heavy atom. The van der Waals surface area contributed by atoms with Crippen LogP contribution in [0.25, 0.3) is 0 Å². The van der Waals surface area contributed by atoms with E-state index in [0.29, 0.717) is 37.6 Å². The van der Waals surface area contributed by atoms with E-state index in [4.69, 9.17) is 21.7 Å². The van der Waals surface area contributed by atoms with Crippen molar-refractivity contribution in [3.8, 4) is 0 Å². The molecule has 0 aliphatic carbocycles. The first-order chi connectivity index (χ1) is 25.1. The van der Waals surface area contributed by atoms with Crippen molar-refractivity contribution in [3.63, 3.8) is 0 Å². The fraction of sp³-hybridized carbons (Fsp3) is 0.450. The van der Waals surface area contributed by atoms with Crippen molar-refractivity contribution in [1.82, 2.24) is 26.2 Å². The summed E-state index contributed by atoms with van der Waals surface area (Å²) >= 11 is 7.32. The van der Waals surface area contributed by atoms with Crippen LogP contribution >= 0.6 is 24.0 Å². The number of thiocarbonyl (C=S) groups is 1. The lowest BCUT2D eigenvalue weighted by molar-refractivity contribution is -0.142. The summed E-state index contributed by atoms with van der Waals surface area (Å²) in [5.41, 5.74) is 3.47. The van der Waals surface area contributed by atoms with E-state index in [1.165, 1.54) is 0 Å². The van der Waals surface area contributed by atoms with Crippen LogP contribution in [0.2, 0.25) is 0 Å². The second kappa shape index (κ2) is 18.8. The molecule has 4 N–H and O–H groups in total.